The van der Waals surface area contributed by atoms with Gasteiger partial charge < -0.3 is 0 Å². The molecular formula is C14H10BrF2N. The van der Waals surface area contributed by atoms with Crippen LogP contribution in [0.2, 0.25) is 0 Å². The van der Waals surface area contributed by atoms with E-state index >= 15 is 0 Å². The zero-order valence-electron chi connectivity index (χ0n) is 9.62. The average molecular weight is 310 g/mol. The van der Waals surface area contributed by atoms with Crippen molar-refractivity contribution in [2.45, 2.75) is 6.92 Å². The van der Waals surface area contributed by atoms with E-state index in [9.17, 15) is 8.78 Å². The number of hydrogen-bond donors (Lipinski definition) is 0. The molecule has 0 aliphatic carbocycles. The summed E-state index contributed by atoms with van der Waals surface area (Å²) in [7, 11) is 0. The van der Waals surface area contributed by atoms with Gasteiger partial charge in [-0.15, -0.1) is 0 Å². The fourth-order valence-corrected chi connectivity index (χ4v) is 1.87. The Kier molecular flexibility index (Phi) is 3.87. The second-order valence-corrected chi connectivity index (χ2v) is 4.69. The first-order valence-electron chi connectivity index (χ1n) is 5.33. The standard InChI is InChI=1S/C14H10BrF2N/c1-9(14-12(16)3-2-4-13(14)17)18-11-7-5-10(15)6-8-11/h2-8H,1H3/b18-9+. The first-order valence-corrected chi connectivity index (χ1v) is 6.12. The number of halogens is 3. The Balaban J connectivity index is 2.42. The van der Waals surface area contributed by atoms with Gasteiger partial charge in [0.15, 0.2) is 0 Å². The molecule has 0 saturated carbocycles. The monoisotopic (exact) mass is 309 g/mol. The first-order chi connectivity index (χ1) is 8.58. The maximum absolute atomic E-state index is 13.5. The number of rotatable bonds is 2. The van der Waals surface area contributed by atoms with E-state index in [4.69, 9.17) is 0 Å². The molecule has 0 N–H and O–H groups in total. The van der Waals surface area contributed by atoms with Gasteiger partial charge in [-0.1, -0.05) is 22.0 Å². The fourth-order valence-electron chi connectivity index (χ4n) is 1.61. The van der Waals surface area contributed by atoms with Gasteiger partial charge in [-0.25, -0.2) is 8.78 Å². The first kappa shape index (κ1) is 12.9. The van der Waals surface area contributed by atoms with Crippen molar-refractivity contribution < 1.29 is 8.78 Å². The molecule has 4 heteroatoms. The zero-order chi connectivity index (χ0) is 13.1. The lowest BCUT2D eigenvalue weighted by atomic mass is 10.1. The Hall–Kier alpha value is -1.55. The van der Waals surface area contributed by atoms with Crippen molar-refractivity contribution in [2.24, 2.45) is 4.99 Å². The molecule has 0 atom stereocenters. The maximum Gasteiger partial charge on any atom is 0.135 e. The summed E-state index contributed by atoms with van der Waals surface area (Å²) in [6.07, 6.45) is 0. The fraction of sp³-hybridized carbons (Fsp3) is 0.0714. The molecule has 0 spiro atoms. The highest BCUT2D eigenvalue weighted by molar-refractivity contribution is 9.10. The topological polar surface area (TPSA) is 12.4 Å². The molecule has 0 aromatic heterocycles. The van der Waals surface area contributed by atoms with Crippen LogP contribution in [-0.4, -0.2) is 5.71 Å². The Morgan fingerprint density at radius 3 is 2.11 bits per heavy atom. The van der Waals surface area contributed by atoms with Crippen LogP contribution < -0.4 is 0 Å². The van der Waals surface area contributed by atoms with Gasteiger partial charge in [0.1, 0.15) is 11.6 Å². The molecule has 0 aliphatic rings. The van der Waals surface area contributed by atoms with Crippen LogP contribution in [0.25, 0.3) is 0 Å². The average Bonchev–Trinajstić information content (AvgIpc) is 2.32. The third-order valence-corrected chi connectivity index (χ3v) is 2.98. The van der Waals surface area contributed by atoms with Crippen LogP contribution in [0.1, 0.15) is 12.5 Å². The Bertz CT molecular complexity index is 571. The number of aliphatic imine (C=N–C) groups is 1. The van der Waals surface area contributed by atoms with Gasteiger partial charge in [0.25, 0.3) is 0 Å². The minimum atomic E-state index is -0.603. The van der Waals surface area contributed by atoms with Crippen molar-refractivity contribution in [3.63, 3.8) is 0 Å². The van der Waals surface area contributed by atoms with Gasteiger partial charge in [-0.3, -0.25) is 4.99 Å². The van der Waals surface area contributed by atoms with Gasteiger partial charge in [0, 0.05) is 4.47 Å². The van der Waals surface area contributed by atoms with Gasteiger partial charge in [-0.05, 0) is 43.3 Å². The third kappa shape index (κ3) is 2.82. The number of nitrogens with zero attached hydrogens (tertiary/aromatic N) is 1. The normalized spacial score (nSPS) is 11.7. The highest BCUT2D eigenvalue weighted by Gasteiger charge is 2.11. The van der Waals surface area contributed by atoms with E-state index in [2.05, 4.69) is 20.9 Å². The molecule has 18 heavy (non-hydrogen) atoms. The molecule has 0 amide bonds. The van der Waals surface area contributed by atoms with E-state index in [0.29, 0.717) is 11.4 Å². The van der Waals surface area contributed by atoms with Crippen LogP contribution in [0, 0.1) is 11.6 Å². The largest absolute Gasteiger partial charge is 0.253 e. The molecule has 0 radical (unpaired) electrons. The molecule has 0 fully saturated rings. The predicted octanol–water partition coefficient (Wildman–Crippen LogP) is 4.87. The molecule has 0 aliphatic heterocycles. The third-order valence-electron chi connectivity index (χ3n) is 2.45. The summed E-state index contributed by atoms with van der Waals surface area (Å²) in [5.41, 5.74) is 0.881. The number of hydrogen-bond acceptors (Lipinski definition) is 1. The van der Waals surface area contributed by atoms with Crippen LogP contribution >= 0.6 is 15.9 Å². The van der Waals surface area contributed by atoms with Crippen molar-refractivity contribution in [1.29, 1.82) is 0 Å². The van der Waals surface area contributed by atoms with E-state index in [1.54, 1.807) is 19.1 Å². The Labute approximate surface area is 112 Å². The van der Waals surface area contributed by atoms with Crippen molar-refractivity contribution >= 4 is 27.3 Å². The van der Waals surface area contributed by atoms with Crippen molar-refractivity contribution in [2.75, 3.05) is 0 Å². The summed E-state index contributed by atoms with van der Waals surface area (Å²) in [4.78, 5) is 4.21. The van der Waals surface area contributed by atoms with Crippen LogP contribution in [0.5, 0.6) is 0 Å². The van der Waals surface area contributed by atoms with Crippen LogP contribution in [0.4, 0.5) is 14.5 Å². The lowest BCUT2D eigenvalue weighted by Crippen LogP contribution is -2.02. The molecule has 2 aromatic carbocycles. The van der Waals surface area contributed by atoms with Gasteiger partial charge in [0.2, 0.25) is 0 Å². The summed E-state index contributed by atoms with van der Waals surface area (Å²) >= 11 is 3.31. The van der Waals surface area contributed by atoms with Crippen molar-refractivity contribution in [1.82, 2.24) is 0 Å². The lowest BCUT2D eigenvalue weighted by molar-refractivity contribution is 0.579. The lowest BCUT2D eigenvalue weighted by Gasteiger charge is -2.04. The summed E-state index contributed by atoms with van der Waals surface area (Å²) in [5.74, 6) is -1.21. The second kappa shape index (κ2) is 5.40. The van der Waals surface area contributed by atoms with Gasteiger partial charge >= 0.3 is 0 Å². The SMILES string of the molecule is C/C(=N\c1ccc(Br)cc1)c1c(F)cccc1F. The van der Waals surface area contributed by atoms with Crippen molar-refractivity contribution in [3.8, 4) is 0 Å². The van der Waals surface area contributed by atoms with E-state index in [-0.39, 0.29) is 5.56 Å². The van der Waals surface area contributed by atoms with E-state index in [0.717, 1.165) is 4.47 Å². The molecule has 0 bridgehead atoms. The summed E-state index contributed by atoms with van der Waals surface area (Å²) in [6.45, 7) is 1.59. The molecular weight excluding hydrogens is 300 g/mol. The second-order valence-electron chi connectivity index (χ2n) is 3.77. The smallest absolute Gasteiger partial charge is 0.135 e. The quantitative estimate of drug-likeness (QED) is 0.702. The van der Waals surface area contributed by atoms with Crippen LogP contribution in [0.3, 0.4) is 0 Å². The van der Waals surface area contributed by atoms with Crippen molar-refractivity contribution in [3.05, 3.63) is 64.1 Å². The highest BCUT2D eigenvalue weighted by Crippen LogP contribution is 2.20. The number of benzene rings is 2. The molecule has 92 valence electrons. The van der Waals surface area contributed by atoms with Crippen LogP contribution in [-0.2, 0) is 0 Å². The molecule has 0 heterocycles. The Morgan fingerprint density at radius 2 is 1.56 bits per heavy atom. The van der Waals surface area contributed by atoms with Gasteiger partial charge in [0.05, 0.1) is 17.0 Å². The van der Waals surface area contributed by atoms with Crippen LogP contribution in [0.15, 0.2) is 51.9 Å². The summed E-state index contributed by atoms with van der Waals surface area (Å²) < 4.78 is 28.0. The minimum absolute atomic E-state index is 0.0829. The summed E-state index contributed by atoms with van der Waals surface area (Å²) in [6, 6.07) is 11.0. The zero-order valence-corrected chi connectivity index (χ0v) is 11.2. The molecule has 2 aromatic rings. The Morgan fingerprint density at radius 1 is 1.00 bits per heavy atom. The van der Waals surface area contributed by atoms with Gasteiger partial charge in [-0.2, -0.15) is 0 Å². The van der Waals surface area contributed by atoms with E-state index < -0.39 is 11.6 Å². The molecule has 1 nitrogen and oxygen atoms in total. The van der Waals surface area contributed by atoms with E-state index in [1.165, 1.54) is 18.2 Å². The van der Waals surface area contributed by atoms with E-state index in [1.807, 2.05) is 12.1 Å². The summed E-state index contributed by atoms with van der Waals surface area (Å²) in [5, 5.41) is 0. The molecule has 0 unspecified atom stereocenters. The molecule has 0 saturated heterocycles. The predicted molar refractivity (Wildman–Crippen MR) is 72.4 cm³/mol. The maximum atomic E-state index is 13.5. The minimum Gasteiger partial charge on any atom is -0.253 e. The highest BCUT2D eigenvalue weighted by atomic mass is 79.9. The molecule has 2 rings (SSSR count).